The molecule has 0 aliphatic heterocycles. The molecule has 1 fully saturated rings. The maximum absolute atomic E-state index is 12.7. The van der Waals surface area contributed by atoms with Gasteiger partial charge in [-0.05, 0) is 47.9 Å². The molecule has 1 saturated carbocycles. The first-order chi connectivity index (χ1) is 10.1. The van der Waals surface area contributed by atoms with Gasteiger partial charge in [0.25, 0.3) is 5.91 Å². The van der Waals surface area contributed by atoms with Crippen molar-refractivity contribution in [2.75, 3.05) is 7.05 Å². The Bertz CT molecular complexity index is 661. The van der Waals surface area contributed by atoms with E-state index in [2.05, 4.69) is 28.1 Å². The molecule has 0 atom stereocenters. The second-order valence-electron chi connectivity index (χ2n) is 5.91. The molecule has 3 heteroatoms. The summed E-state index contributed by atoms with van der Waals surface area (Å²) >= 11 is 3.48. The fraction of sp³-hybridized carbons (Fsp3) is 0.389. The van der Waals surface area contributed by atoms with Crippen molar-refractivity contribution in [1.82, 2.24) is 4.90 Å². The molecule has 0 bridgehead atoms. The van der Waals surface area contributed by atoms with Gasteiger partial charge in [0.15, 0.2) is 0 Å². The highest BCUT2D eigenvalue weighted by atomic mass is 79.9. The number of rotatable bonds is 2. The number of benzene rings is 2. The van der Waals surface area contributed by atoms with Crippen LogP contribution in [-0.4, -0.2) is 23.9 Å². The number of carbonyl (C=O) groups excluding carboxylic acids is 1. The highest BCUT2D eigenvalue weighted by Gasteiger charge is 2.22. The SMILES string of the molecule is CN(C(=O)c1ccc2cc(Br)ccc2c1)C1CCCCC1. The molecule has 1 aliphatic rings. The standard InChI is InChI=1S/C18H20BrNO/c1-20(17-5-3-2-4-6-17)18(21)15-8-7-14-12-16(19)10-9-13(14)11-15/h7-12,17H,2-6H2,1H3. The lowest BCUT2D eigenvalue weighted by atomic mass is 9.94. The maximum Gasteiger partial charge on any atom is 0.253 e. The van der Waals surface area contributed by atoms with Gasteiger partial charge in [0.2, 0.25) is 0 Å². The smallest absolute Gasteiger partial charge is 0.253 e. The lowest BCUT2D eigenvalue weighted by molar-refractivity contribution is 0.0696. The molecule has 0 unspecified atom stereocenters. The minimum Gasteiger partial charge on any atom is -0.339 e. The molecule has 2 aromatic carbocycles. The molecule has 110 valence electrons. The van der Waals surface area contributed by atoms with Crippen LogP contribution in [0.5, 0.6) is 0 Å². The largest absolute Gasteiger partial charge is 0.339 e. The van der Waals surface area contributed by atoms with Gasteiger partial charge >= 0.3 is 0 Å². The number of nitrogens with zero attached hydrogens (tertiary/aromatic N) is 1. The van der Waals surface area contributed by atoms with Crippen LogP contribution >= 0.6 is 15.9 Å². The zero-order chi connectivity index (χ0) is 14.8. The average Bonchev–Trinajstić information content (AvgIpc) is 2.53. The lowest BCUT2D eigenvalue weighted by Crippen LogP contribution is -2.38. The Morgan fingerprint density at radius 1 is 1.05 bits per heavy atom. The first-order valence-corrected chi connectivity index (χ1v) is 8.41. The maximum atomic E-state index is 12.7. The van der Waals surface area contributed by atoms with Crippen molar-refractivity contribution in [2.24, 2.45) is 0 Å². The molecule has 0 N–H and O–H groups in total. The van der Waals surface area contributed by atoms with Crippen LogP contribution < -0.4 is 0 Å². The molecule has 1 amide bonds. The molecular formula is C18H20BrNO. The number of hydrogen-bond acceptors (Lipinski definition) is 1. The second-order valence-corrected chi connectivity index (χ2v) is 6.83. The molecule has 21 heavy (non-hydrogen) atoms. The lowest BCUT2D eigenvalue weighted by Gasteiger charge is -2.31. The monoisotopic (exact) mass is 345 g/mol. The molecule has 2 nitrogen and oxygen atoms in total. The summed E-state index contributed by atoms with van der Waals surface area (Å²) in [5.74, 6) is 0.145. The second kappa shape index (κ2) is 6.18. The van der Waals surface area contributed by atoms with E-state index >= 15 is 0 Å². The van der Waals surface area contributed by atoms with Crippen LogP contribution in [0.1, 0.15) is 42.5 Å². The summed E-state index contributed by atoms with van der Waals surface area (Å²) in [6.45, 7) is 0. The third kappa shape index (κ3) is 3.13. The number of carbonyl (C=O) groups is 1. The highest BCUT2D eigenvalue weighted by molar-refractivity contribution is 9.10. The van der Waals surface area contributed by atoms with Gasteiger partial charge in [-0.3, -0.25) is 4.79 Å². The van der Waals surface area contributed by atoms with E-state index in [0.29, 0.717) is 6.04 Å². The zero-order valence-corrected chi connectivity index (χ0v) is 13.9. The predicted octanol–water partition coefficient (Wildman–Crippen LogP) is 5.01. The van der Waals surface area contributed by atoms with Gasteiger partial charge in [0.1, 0.15) is 0 Å². The molecule has 0 saturated heterocycles. The molecule has 0 radical (unpaired) electrons. The summed E-state index contributed by atoms with van der Waals surface area (Å²) in [6.07, 6.45) is 6.08. The molecule has 2 aromatic rings. The summed E-state index contributed by atoms with van der Waals surface area (Å²) in [5, 5.41) is 2.27. The van der Waals surface area contributed by atoms with Gasteiger partial charge in [-0.25, -0.2) is 0 Å². The fourth-order valence-corrected chi connectivity index (χ4v) is 3.57. The van der Waals surface area contributed by atoms with Gasteiger partial charge in [-0.15, -0.1) is 0 Å². The van der Waals surface area contributed by atoms with Crippen LogP contribution in [0, 0.1) is 0 Å². The van der Waals surface area contributed by atoms with Crippen LogP contribution in [0.4, 0.5) is 0 Å². The number of fused-ring (bicyclic) bond motifs is 1. The summed E-state index contributed by atoms with van der Waals surface area (Å²) in [7, 11) is 1.95. The van der Waals surface area contributed by atoms with Crippen molar-refractivity contribution in [3.05, 3.63) is 46.4 Å². The van der Waals surface area contributed by atoms with Crippen molar-refractivity contribution in [1.29, 1.82) is 0 Å². The van der Waals surface area contributed by atoms with Crippen molar-refractivity contribution in [2.45, 2.75) is 38.1 Å². The van der Waals surface area contributed by atoms with E-state index in [4.69, 9.17) is 0 Å². The minimum absolute atomic E-state index is 0.145. The number of amides is 1. The van der Waals surface area contributed by atoms with Crippen LogP contribution in [-0.2, 0) is 0 Å². The topological polar surface area (TPSA) is 20.3 Å². The van der Waals surface area contributed by atoms with E-state index in [1.165, 1.54) is 19.3 Å². The Balaban J connectivity index is 1.85. The highest BCUT2D eigenvalue weighted by Crippen LogP contribution is 2.25. The fourth-order valence-electron chi connectivity index (χ4n) is 3.19. The van der Waals surface area contributed by atoms with Gasteiger partial charge in [-0.1, -0.05) is 47.3 Å². The Kier molecular flexibility index (Phi) is 4.29. The normalized spacial score (nSPS) is 16.1. The van der Waals surface area contributed by atoms with Crippen molar-refractivity contribution in [3.8, 4) is 0 Å². The van der Waals surface area contributed by atoms with E-state index in [0.717, 1.165) is 33.7 Å². The molecule has 1 aliphatic carbocycles. The van der Waals surface area contributed by atoms with Crippen LogP contribution in [0.25, 0.3) is 10.8 Å². The van der Waals surface area contributed by atoms with Gasteiger partial charge in [-0.2, -0.15) is 0 Å². The Morgan fingerprint density at radius 2 is 1.71 bits per heavy atom. The Hall–Kier alpha value is -1.35. The van der Waals surface area contributed by atoms with Crippen molar-refractivity contribution in [3.63, 3.8) is 0 Å². The summed E-state index contributed by atoms with van der Waals surface area (Å²) < 4.78 is 1.06. The van der Waals surface area contributed by atoms with Crippen molar-refractivity contribution < 1.29 is 4.79 Å². The number of halogens is 1. The summed E-state index contributed by atoms with van der Waals surface area (Å²) in [6, 6.07) is 12.5. The zero-order valence-electron chi connectivity index (χ0n) is 12.3. The average molecular weight is 346 g/mol. The Labute approximate surface area is 134 Å². The van der Waals surface area contributed by atoms with Crippen LogP contribution in [0.3, 0.4) is 0 Å². The van der Waals surface area contributed by atoms with E-state index in [1.54, 1.807) is 0 Å². The van der Waals surface area contributed by atoms with Crippen molar-refractivity contribution >= 4 is 32.6 Å². The van der Waals surface area contributed by atoms with E-state index in [1.807, 2.05) is 36.2 Å². The predicted molar refractivity (Wildman–Crippen MR) is 90.6 cm³/mol. The van der Waals surface area contributed by atoms with Gasteiger partial charge in [0, 0.05) is 23.1 Å². The minimum atomic E-state index is 0.145. The van der Waals surface area contributed by atoms with Crippen LogP contribution in [0.2, 0.25) is 0 Å². The molecule has 3 rings (SSSR count). The van der Waals surface area contributed by atoms with E-state index in [-0.39, 0.29) is 5.91 Å². The van der Waals surface area contributed by atoms with E-state index < -0.39 is 0 Å². The van der Waals surface area contributed by atoms with Gasteiger partial charge in [0.05, 0.1) is 0 Å². The number of hydrogen-bond donors (Lipinski definition) is 0. The van der Waals surface area contributed by atoms with Gasteiger partial charge < -0.3 is 4.90 Å². The molecular weight excluding hydrogens is 326 g/mol. The first kappa shape index (κ1) is 14.6. The molecule has 0 spiro atoms. The van der Waals surface area contributed by atoms with Crippen LogP contribution in [0.15, 0.2) is 40.9 Å². The van der Waals surface area contributed by atoms with E-state index in [9.17, 15) is 4.79 Å². The third-order valence-corrected chi connectivity index (χ3v) is 4.99. The summed E-state index contributed by atoms with van der Waals surface area (Å²) in [4.78, 5) is 14.6. The Morgan fingerprint density at radius 3 is 2.48 bits per heavy atom. The quantitative estimate of drug-likeness (QED) is 0.749. The summed E-state index contributed by atoms with van der Waals surface area (Å²) in [5.41, 5.74) is 0.790. The molecule has 0 heterocycles. The molecule has 0 aromatic heterocycles. The first-order valence-electron chi connectivity index (χ1n) is 7.61. The third-order valence-electron chi connectivity index (χ3n) is 4.49.